The predicted octanol–water partition coefficient (Wildman–Crippen LogP) is 2.61. The van der Waals surface area contributed by atoms with Crippen LogP contribution in [0.25, 0.3) is 0 Å². The van der Waals surface area contributed by atoms with E-state index in [0.29, 0.717) is 17.8 Å². The molecule has 3 N–H and O–H groups in total. The van der Waals surface area contributed by atoms with Crippen LogP contribution >= 0.6 is 12.4 Å². The number of fused-ring (bicyclic) bond motifs is 1. The number of ether oxygens (including phenoxy) is 1. The monoisotopic (exact) mass is 389 g/mol. The van der Waals surface area contributed by atoms with E-state index < -0.39 is 0 Å². The molecule has 2 aromatic carbocycles. The number of carbonyl (C=O) groups is 2. The molecule has 3 rings (SSSR count). The quantitative estimate of drug-likeness (QED) is 0.795. The Hall–Kier alpha value is -2.41. The van der Waals surface area contributed by atoms with Crippen LogP contribution in [-0.4, -0.2) is 38.1 Å². The smallest absolute Gasteiger partial charge is 0.258 e. The summed E-state index contributed by atoms with van der Waals surface area (Å²) in [6.45, 7) is 0.975. The van der Waals surface area contributed by atoms with Crippen molar-refractivity contribution < 1.29 is 14.3 Å². The van der Waals surface area contributed by atoms with Gasteiger partial charge in [0.1, 0.15) is 0 Å². The van der Waals surface area contributed by atoms with E-state index >= 15 is 0 Å². The molecule has 1 aliphatic heterocycles. The lowest BCUT2D eigenvalue weighted by Gasteiger charge is -2.17. The fraction of sp³-hybridized carbons (Fsp3) is 0.300. The molecule has 144 valence electrons. The summed E-state index contributed by atoms with van der Waals surface area (Å²) >= 11 is 0. The minimum atomic E-state index is -0.300. The average Bonchev–Trinajstić information content (AvgIpc) is 3.10. The molecule has 0 saturated heterocycles. The molecule has 0 saturated carbocycles. The van der Waals surface area contributed by atoms with Crippen LogP contribution in [0.4, 0.5) is 11.4 Å². The van der Waals surface area contributed by atoms with Gasteiger partial charge in [0, 0.05) is 37.1 Å². The van der Waals surface area contributed by atoms with Gasteiger partial charge in [0.25, 0.3) is 5.91 Å². The van der Waals surface area contributed by atoms with Gasteiger partial charge in [0.05, 0.1) is 12.5 Å². The zero-order valence-electron chi connectivity index (χ0n) is 15.2. The van der Waals surface area contributed by atoms with Crippen molar-refractivity contribution in [3.05, 3.63) is 59.7 Å². The van der Waals surface area contributed by atoms with Crippen LogP contribution in [0.15, 0.2) is 48.5 Å². The Kier molecular flexibility index (Phi) is 7.36. The van der Waals surface area contributed by atoms with Crippen molar-refractivity contribution in [2.24, 2.45) is 5.73 Å². The molecule has 1 unspecified atom stereocenters. The van der Waals surface area contributed by atoms with Gasteiger partial charge < -0.3 is 20.7 Å². The highest BCUT2D eigenvalue weighted by molar-refractivity contribution is 6.07. The van der Waals surface area contributed by atoms with Crippen LogP contribution < -0.4 is 16.0 Å². The largest absolute Gasteiger partial charge is 0.380 e. The highest BCUT2D eigenvalue weighted by atomic mass is 35.5. The zero-order valence-corrected chi connectivity index (χ0v) is 16.0. The van der Waals surface area contributed by atoms with Crippen molar-refractivity contribution in [2.45, 2.75) is 18.9 Å². The van der Waals surface area contributed by atoms with E-state index in [-0.39, 0.29) is 43.3 Å². The zero-order chi connectivity index (χ0) is 18.5. The number of halogens is 1. The predicted molar refractivity (Wildman–Crippen MR) is 109 cm³/mol. The molecule has 2 aromatic rings. The van der Waals surface area contributed by atoms with Crippen molar-refractivity contribution in [1.82, 2.24) is 0 Å². The summed E-state index contributed by atoms with van der Waals surface area (Å²) in [5, 5.41) is 2.79. The van der Waals surface area contributed by atoms with Crippen LogP contribution in [0.5, 0.6) is 0 Å². The minimum Gasteiger partial charge on any atom is -0.380 e. The summed E-state index contributed by atoms with van der Waals surface area (Å²) in [5.74, 6) is -0.203. The Bertz CT molecular complexity index is 791. The molecule has 0 aromatic heterocycles. The van der Waals surface area contributed by atoms with Gasteiger partial charge in [-0.3, -0.25) is 9.59 Å². The van der Waals surface area contributed by atoms with Crippen molar-refractivity contribution in [3.8, 4) is 0 Å². The number of hydrogen-bond acceptors (Lipinski definition) is 4. The second-order valence-electron chi connectivity index (χ2n) is 6.26. The van der Waals surface area contributed by atoms with Gasteiger partial charge in [0.15, 0.2) is 0 Å². The van der Waals surface area contributed by atoms with E-state index in [1.54, 1.807) is 29.2 Å². The van der Waals surface area contributed by atoms with Gasteiger partial charge in [-0.05, 0) is 42.3 Å². The summed E-state index contributed by atoms with van der Waals surface area (Å²) in [4.78, 5) is 26.6. The third-order valence-corrected chi connectivity index (χ3v) is 4.56. The van der Waals surface area contributed by atoms with Crippen molar-refractivity contribution >= 4 is 35.6 Å². The summed E-state index contributed by atoms with van der Waals surface area (Å²) in [6.07, 6.45) is 0.766. The lowest BCUT2D eigenvalue weighted by Crippen LogP contribution is -2.29. The van der Waals surface area contributed by atoms with Crippen molar-refractivity contribution in [3.63, 3.8) is 0 Å². The number of para-hydroxylation sites is 1. The fourth-order valence-corrected chi connectivity index (χ4v) is 3.08. The molecule has 1 atom stereocenters. The number of hydrogen-bond donors (Lipinski definition) is 2. The van der Waals surface area contributed by atoms with Crippen LogP contribution in [-0.2, 0) is 16.0 Å². The highest BCUT2D eigenvalue weighted by Crippen LogP contribution is 2.29. The second-order valence-corrected chi connectivity index (χ2v) is 6.26. The highest BCUT2D eigenvalue weighted by Gasteiger charge is 2.25. The third kappa shape index (κ3) is 4.86. The van der Waals surface area contributed by atoms with Gasteiger partial charge in [0.2, 0.25) is 5.91 Å². The van der Waals surface area contributed by atoms with Gasteiger partial charge in [-0.1, -0.05) is 18.2 Å². The summed E-state index contributed by atoms with van der Waals surface area (Å²) in [6, 6.07) is 14.9. The number of nitrogens with zero attached hydrogens (tertiary/aromatic N) is 1. The molecular weight excluding hydrogens is 366 g/mol. The molecule has 0 spiro atoms. The lowest BCUT2D eigenvalue weighted by molar-refractivity contribution is -0.118. The van der Waals surface area contributed by atoms with E-state index in [4.69, 9.17) is 10.5 Å². The number of anilines is 2. The van der Waals surface area contributed by atoms with Gasteiger partial charge in [-0.25, -0.2) is 0 Å². The molecule has 27 heavy (non-hydrogen) atoms. The first kappa shape index (κ1) is 20.9. The Morgan fingerprint density at radius 2 is 1.89 bits per heavy atom. The fourth-order valence-electron chi connectivity index (χ4n) is 3.08. The maximum absolute atomic E-state index is 12.8. The first-order valence-electron chi connectivity index (χ1n) is 8.65. The molecule has 0 bridgehead atoms. The number of rotatable bonds is 6. The summed E-state index contributed by atoms with van der Waals surface area (Å²) in [5.41, 5.74) is 8.92. The molecule has 1 heterocycles. The molecule has 0 fully saturated rings. The molecule has 7 heteroatoms. The van der Waals surface area contributed by atoms with E-state index in [1.807, 2.05) is 18.2 Å². The molecule has 1 aliphatic rings. The van der Waals surface area contributed by atoms with Crippen LogP contribution in [0.1, 0.15) is 22.3 Å². The maximum atomic E-state index is 12.8. The van der Waals surface area contributed by atoms with Gasteiger partial charge in [-0.2, -0.15) is 0 Å². The standard InChI is InChI=1S/C20H23N3O3.ClH/c1-26-17(13-21)12-19(24)22-16-8-6-15(7-9-16)20(25)23-11-10-14-4-2-3-5-18(14)23;/h2-9,17H,10-13,21H2,1H3,(H,22,24);1H. The SMILES string of the molecule is COC(CN)CC(=O)Nc1ccc(C(=O)N2CCc3ccccc32)cc1.Cl. The molecule has 2 amide bonds. The van der Waals surface area contributed by atoms with E-state index in [2.05, 4.69) is 11.4 Å². The first-order chi connectivity index (χ1) is 12.6. The maximum Gasteiger partial charge on any atom is 0.258 e. The number of benzene rings is 2. The Balaban J connectivity index is 0.00000261. The third-order valence-electron chi connectivity index (χ3n) is 4.56. The Morgan fingerprint density at radius 3 is 2.56 bits per heavy atom. The summed E-state index contributed by atoms with van der Waals surface area (Å²) < 4.78 is 5.11. The van der Waals surface area contributed by atoms with Gasteiger partial charge in [-0.15, -0.1) is 12.4 Å². The Labute approximate surface area is 165 Å². The average molecular weight is 390 g/mol. The van der Waals surface area contributed by atoms with Crippen molar-refractivity contribution in [2.75, 3.05) is 30.4 Å². The summed E-state index contributed by atoms with van der Waals surface area (Å²) in [7, 11) is 1.53. The lowest BCUT2D eigenvalue weighted by atomic mass is 10.1. The van der Waals surface area contributed by atoms with Crippen LogP contribution in [0, 0.1) is 0 Å². The van der Waals surface area contributed by atoms with E-state index in [1.165, 1.54) is 12.7 Å². The van der Waals surface area contributed by atoms with Crippen molar-refractivity contribution in [1.29, 1.82) is 0 Å². The van der Waals surface area contributed by atoms with Crippen LogP contribution in [0.2, 0.25) is 0 Å². The number of amides is 2. The Morgan fingerprint density at radius 1 is 1.19 bits per heavy atom. The minimum absolute atomic E-state index is 0. The molecule has 0 radical (unpaired) electrons. The number of methoxy groups -OCH3 is 1. The van der Waals surface area contributed by atoms with E-state index in [0.717, 1.165) is 12.1 Å². The van der Waals surface area contributed by atoms with E-state index in [9.17, 15) is 9.59 Å². The normalized spacial score (nSPS) is 13.5. The van der Waals surface area contributed by atoms with Crippen LogP contribution in [0.3, 0.4) is 0 Å². The first-order valence-corrected chi connectivity index (χ1v) is 8.65. The molecular formula is C20H24ClN3O3. The molecule has 6 nitrogen and oxygen atoms in total. The van der Waals surface area contributed by atoms with Gasteiger partial charge >= 0.3 is 0 Å². The second kappa shape index (κ2) is 9.50. The molecule has 0 aliphatic carbocycles. The number of nitrogens with two attached hydrogens (primary N) is 1. The number of nitrogens with one attached hydrogen (secondary N) is 1. The topological polar surface area (TPSA) is 84.7 Å². The number of carbonyl (C=O) groups excluding carboxylic acids is 2.